The van der Waals surface area contributed by atoms with Gasteiger partial charge in [0.1, 0.15) is 11.6 Å². The molecule has 1 nitrogen and oxygen atoms in total. The normalized spacial score (nSPS) is 12.6. The van der Waals surface area contributed by atoms with E-state index in [1.807, 2.05) is 0 Å². The molecule has 1 rings (SSSR count). The number of halogens is 2. The van der Waals surface area contributed by atoms with Crippen molar-refractivity contribution in [3.63, 3.8) is 0 Å². The van der Waals surface area contributed by atoms with E-state index in [-0.39, 0.29) is 5.82 Å². The zero-order valence-electron chi connectivity index (χ0n) is 12.6. The van der Waals surface area contributed by atoms with Gasteiger partial charge in [0.2, 0.25) is 0 Å². The molecule has 0 aliphatic heterocycles. The lowest BCUT2D eigenvalue weighted by Crippen LogP contribution is -2.50. The highest BCUT2D eigenvalue weighted by Crippen LogP contribution is 2.43. The van der Waals surface area contributed by atoms with Crippen LogP contribution < -0.4 is 4.43 Å². The Balaban J connectivity index is 3.20. The van der Waals surface area contributed by atoms with Crippen LogP contribution in [0.15, 0.2) is 18.2 Å². The molecule has 0 aliphatic rings. The van der Waals surface area contributed by atoms with Crippen LogP contribution in [0.3, 0.4) is 0 Å². The summed E-state index contributed by atoms with van der Waals surface area (Å²) < 4.78 is 19.8. The summed E-state index contributed by atoms with van der Waals surface area (Å²) in [5.74, 6) is 0.217. The molecule has 0 spiro atoms. The van der Waals surface area contributed by atoms with Crippen LogP contribution in [0.25, 0.3) is 0 Å². The van der Waals surface area contributed by atoms with Gasteiger partial charge in [-0.15, -0.1) is 0 Å². The summed E-state index contributed by atoms with van der Waals surface area (Å²) >= 11 is 5.91. The third-order valence-electron chi connectivity index (χ3n) is 3.84. The molecule has 1 aromatic rings. The molecule has 0 radical (unpaired) electrons. The van der Waals surface area contributed by atoms with Gasteiger partial charge >= 0.3 is 0 Å². The Labute approximate surface area is 122 Å². The fraction of sp³-hybridized carbons (Fsp3) is 0.600. The lowest BCUT2D eigenvalue weighted by molar-refractivity contribution is 0.475. The molecule has 0 bridgehead atoms. The van der Waals surface area contributed by atoms with E-state index in [1.165, 1.54) is 12.1 Å². The summed E-state index contributed by atoms with van der Waals surface area (Å²) in [6.45, 7) is 13.2. The Hall–Kier alpha value is -0.543. The van der Waals surface area contributed by atoms with E-state index < -0.39 is 8.32 Å². The topological polar surface area (TPSA) is 9.23 Å². The summed E-state index contributed by atoms with van der Waals surface area (Å²) in [5, 5.41) is 0.383. The SMILES string of the molecule is CC(C)[Si](Oc1cc(F)cc(Cl)c1)(C(C)C)C(C)C. The van der Waals surface area contributed by atoms with Crippen LogP contribution in [0.4, 0.5) is 4.39 Å². The number of hydrogen-bond acceptors (Lipinski definition) is 1. The fourth-order valence-electron chi connectivity index (χ4n) is 3.15. The lowest BCUT2D eigenvalue weighted by Gasteiger charge is -2.42. The average Bonchev–Trinajstić information content (AvgIpc) is 2.22. The minimum atomic E-state index is -2.04. The minimum Gasteiger partial charge on any atom is -0.543 e. The van der Waals surface area contributed by atoms with Crippen molar-refractivity contribution in [2.45, 2.75) is 58.2 Å². The van der Waals surface area contributed by atoms with E-state index in [1.54, 1.807) is 6.07 Å². The molecule has 0 unspecified atom stereocenters. The van der Waals surface area contributed by atoms with E-state index in [9.17, 15) is 4.39 Å². The minimum absolute atomic E-state index is 0.346. The Morgan fingerprint density at radius 2 is 1.42 bits per heavy atom. The zero-order chi connectivity index (χ0) is 14.8. The second-order valence-electron chi connectivity index (χ2n) is 6.02. The average molecular weight is 303 g/mol. The Morgan fingerprint density at radius 1 is 0.947 bits per heavy atom. The van der Waals surface area contributed by atoms with Gasteiger partial charge in [0.25, 0.3) is 8.32 Å². The second kappa shape index (κ2) is 6.27. The zero-order valence-corrected chi connectivity index (χ0v) is 14.4. The maximum Gasteiger partial charge on any atom is 0.258 e. The Bertz CT molecular complexity index is 390. The molecule has 108 valence electrons. The first-order valence-electron chi connectivity index (χ1n) is 6.85. The first-order chi connectivity index (χ1) is 8.70. The molecular formula is C15H24ClFOSi. The van der Waals surface area contributed by atoms with Crippen molar-refractivity contribution in [3.8, 4) is 5.75 Å². The molecule has 0 aliphatic carbocycles. The van der Waals surface area contributed by atoms with Crippen LogP contribution in [-0.2, 0) is 0 Å². The van der Waals surface area contributed by atoms with E-state index in [0.29, 0.717) is 27.4 Å². The summed E-state index contributed by atoms with van der Waals surface area (Å²) in [5.41, 5.74) is 1.36. The number of rotatable bonds is 5. The van der Waals surface area contributed by atoms with E-state index in [0.717, 1.165) is 0 Å². The van der Waals surface area contributed by atoms with Gasteiger partial charge in [-0.3, -0.25) is 0 Å². The maximum atomic E-state index is 13.5. The Kier molecular flexibility index (Phi) is 5.45. The van der Waals surface area contributed by atoms with Gasteiger partial charge in [-0.25, -0.2) is 4.39 Å². The Morgan fingerprint density at radius 3 is 1.79 bits per heavy atom. The quantitative estimate of drug-likeness (QED) is 0.603. The van der Waals surface area contributed by atoms with Gasteiger partial charge in [0.15, 0.2) is 0 Å². The van der Waals surface area contributed by atoms with E-state index >= 15 is 0 Å². The van der Waals surface area contributed by atoms with Crippen molar-refractivity contribution in [3.05, 3.63) is 29.0 Å². The van der Waals surface area contributed by atoms with Gasteiger partial charge in [0, 0.05) is 11.1 Å². The van der Waals surface area contributed by atoms with Crippen molar-refractivity contribution in [1.29, 1.82) is 0 Å². The van der Waals surface area contributed by atoms with Gasteiger partial charge in [-0.1, -0.05) is 53.1 Å². The molecule has 0 heterocycles. The van der Waals surface area contributed by atoms with Crippen molar-refractivity contribution < 1.29 is 8.82 Å². The predicted molar refractivity (Wildman–Crippen MR) is 83.1 cm³/mol. The first-order valence-corrected chi connectivity index (χ1v) is 9.37. The monoisotopic (exact) mass is 302 g/mol. The van der Waals surface area contributed by atoms with Crippen molar-refractivity contribution in [1.82, 2.24) is 0 Å². The smallest absolute Gasteiger partial charge is 0.258 e. The van der Waals surface area contributed by atoms with E-state index in [2.05, 4.69) is 41.5 Å². The van der Waals surface area contributed by atoms with Crippen LogP contribution in [0.5, 0.6) is 5.75 Å². The predicted octanol–water partition coefficient (Wildman–Crippen LogP) is 6.03. The summed E-state index contributed by atoms with van der Waals surface area (Å²) in [6.07, 6.45) is 0. The molecule has 0 saturated heterocycles. The highest BCUT2D eigenvalue weighted by atomic mass is 35.5. The molecule has 1 aromatic carbocycles. The van der Waals surface area contributed by atoms with Crippen LogP contribution >= 0.6 is 11.6 Å². The fourth-order valence-corrected chi connectivity index (χ4v) is 8.59. The summed E-state index contributed by atoms with van der Waals surface area (Å²) in [4.78, 5) is 0. The van der Waals surface area contributed by atoms with Crippen LogP contribution in [0.2, 0.25) is 21.6 Å². The standard InChI is InChI=1S/C15H24ClFOSi/c1-10(2)19(11(3)4,12(5)6)18-15-8-13(16)7-14(17)9-15/h7-12H,1-6H3. The highest BCUT2D eigenvalue weighted by Gasteiger charge is 2.47. The van der Waals surface area contributed by atoms with Crippen LogP contribution in [-0.4, -0.2) is 8.32 Å². The number of hydrogen-bond donors (Lipinski definition) is 0. The number of benzene rings is 1. The van der Waals surface area contributed by atoms with E-state index in [4.69, 9.17) is 16.0 Å². The molecule has 0 atom stereocenters. The molecule has 0 aromatic heterocycles. The summed E-state index contributed by atoms with van der Waals surface area (Å²) in [6, 6.07) is 4.44. The summed E-state index contributed by atoms with van der Waals surface area (Å²) in [7, 11) is -2.04. The molecule has 0 N–H and O–H groups in total. The van der Waals surface area contributed by atoms with Crippen molar-refractivity contribution >= 4 is 19.9 Å². The molecule has 4 heteroatoms. The third kappa shape index (κ3) is 3.51. The first kappa shape index (κ1) is 16.5. The third-order valence-corrected chi connectivity index (χ3v) is 10.1. The second-order valence-corrected chi connectivity index (χ2v) is 11.8. The molecule has 0 saturated carbocycles. The maximum absolute atomic E-state index is 13.5. The van der Waals surface area contributed by atoms with Crippen molar-refractivity contribution in [2.75, 3.05) is 0 Å². The van der Waals surface area contributed by atoms with Gasteiger partial charge in [0.05, 0.1) is 0 Å². The molecular weight excluding hydrogens is 279 g/mol. The van der Waals surface area contributed by atoms with Gasteiger partial charge in [-0.05, 0) is 28.8 Å². The van der Waals surface area contributed by atoms with Crippen LogP contribution in [0.1, 0.15) is 41.5 Å². The highest BCUT2D eigenvalue weighted by molar-refractivity contribution is 6.78. The van der Waals surface area contributed by atoms with Crippen molar-refractivity contribution in [2.24, 2.45) is 0 Å². The molecule has 0 amide bonds. The van der Waals surface area contributed by atoms with Crippen LogP contribution in [0, 0.1) is 5.82 Å². The molecule has 0 fully saturated rings. The van der Waals surface area contributed by atoms with Gasteiger partial charge in [-0.2, -0.15) is 0 Å². The lowest BCUT2D eigenvalue weighted by atomic mass is 10.3. The molecule has 19 heavy (non-hydrogen) atoms. The van der Waals surface area contributed by atoms with Gasteiger partial charge < -0.3 is 4.43 Å². The largest absolute Gasteiger partial charge is 0.543 e.